The standard InChI is InChI=1S/C26H26ClN7O2S/c1-18-4-5-20(16-22(18)27)34-23(17-37-26-28-10-3-11-29-26)24(30-31-34)25(35)33-14-12-32(13-15-33)19-6-8-21(36-2)9-7-19/h3-11,16H,12-15,17H2,1-2H3. The Hall–Kier alpha value is -3.63. The molecule has 0 saturated carbocycles. The molecule has 0 aliphatic carbocycles. The van der Waals surface area contributed by atoms with Crippen molar-refractivity contribution in [3.8, 4) is 11.4 Å². The number of hydrogen-bond acceptors (Lipinski definition) is 8. The lowest BCUT2D eigenvalue weighted by molar-refractivity contribution is 0.0740. The molecule has 0 N–H and O–H groups in total. The highest BCUT2D eigenvalue weighted by molar-refractivity contribution is 7.98. The molecule has 2 aromatic carbocycles. The van der Waals surface area contributed by atoms with Crippen molar-refractivity contribution in [3.63, 3.8) is 0 Å². The van der Waals surface area contributed by atoms with Crippen LogP contribution in [0.1, 0.15) is 21.7 Å². The summed E-state index contributed by atoms with van der Waals surface area (Å²) in [7, 11) is 1.66. The Morgan fingerprint density at radius 1 is 1.03 bits per heavy atom. The topological polar surface area (TPSA) is 89.3 Å². The Morgan fingerprint density at radius 2 is 1.73 bits per heavy atom. The number of aryl methyl sites for hydroxylation is 1. The van der Waals surface area contributed by atoms with E-state index in [2.05, 4.69) is 25.2 Å². The van der Waals surface area contributed by atoms with Crippen LogP contribution < -0.4 is 9.64 Å². The zero-order chi connectivity index (χ0) is 25.8. The predicted molar refractivity (Wildman–Crippen MR) is 144 cm³/mol. The van der Waals surface area contributed by atoms with E-state index in [9.17, 15) is 4.79 Å². The second-order valence-electron chi connectivity index (χ2n) is 8.53. The molecule has 1 fully saturated rings. The highest BCUT2D eigenvalue weighted by Crippen LogP contribution is 2.27. The van der Waals surface area contributed by atoms with E-state index in [1.165, 1.54) is 11.8 Å². The van der Waals surface area contributed by atoms with Gasteiger partial charge in [0.1, 0.15) is 5.75 Å². The minimum Gasteiger partial charge on any atom is -0.497 e. The van der Waals surface area contributed by atoms with Gasteiger partial charge in [0.15, 0.2) is 10.9 Å². The summed E-state index contributed by atoms with van der Waals surface area (Å²) in [5, 5.41) is 9.91. The summed E-state index contributed by atoms with van der Waals surface area (Å²) in [6.45, 7) is 4.56. The minimum atomic E-state index is -0.136. The van der Waals surface area contributed by atoms with Gasteiger partial charge in [-0.05, 0) is 55.0 Å². The molecule has 5 rings (SSSR count). The molecule has 0 unspecified atom stereocenters. The van der Waals surface area contributed by atoms with Crippen LogP contribution in [0.5, 0.6) is 5.75 Å². The Morgan fingerprint density at radius 3 is 2.41 bits per heavy atom. The summed E-state index contributed by atoms with van der Waals surface area (Å²) in [4.78, 5) is 26.3. The molecule has 2 aromatic heterocycles. The number of rotatable bonds is 7. The molecule has 1 aliphatic rings. The van der Waals surface area contributed by atoms with Crippen molar-refractivity contribution in [1.82, 2.24) is 29.9 Å². The van der Waals surface area contributed by atoms with Crippen molar-refractivity contribution >= 4 is 35.0 Å². The number of benzene rings is 2. The van der Waals surface area contributed by atoms with Gasteiger partial charge in [-0.1, -0.05) is 34.6 Å². The number of methoxy groups -OCH3 is 1. The molecule has 0 bridgehead atoms. The quantitative estimate of drug-likeness (QED) is 0.256. The van der Waals surface area contributed by atoms with E-state index in [4.69, 9.17) is 16.3 Å². The fourth-order valence-corrected chi connectivity index (χ4v) is 5.09. The zero-order valence-corrected chi connectivity index (χ0v) is 22.1. The van der Waals surface area contributed by atoms with Crippen LogP contribution in [-0.2, 0) is 5.75 Å². The van der Waals surface area contributed by atoms with Crippen LogP contribution in [0.2, 0.25) is 5.02 Å². The molecule has 0 atom stereocenters. The number of hydrogen-bond donors (Lipinski definition) is 0. The average molecular weight is 536 g/mol. The highest BCUT2D eigenvalue weighted by Gasteiger charge is 2.28. The maximum absolute atomic E-state index is 13.6. The fraction of sp³-hybridized carbons (Fsp3) is 0.269. The Kier molecular flexibility index (Phi) is 7.57. The van der Waals surface area contributed by atoms with Gasteiger partial charge in [0, 0.05) is 55.0 Å². The van der Waals surface area contributed by atoms with Crippen LogP contribution in [0, 0.1) is 6.92 Å². The lowest BCUT2D eigenvalue weighted by atomic mass is 10.2. The van der Waals surface area contributed by atoms with Crippen molar-refractivity contribution in [2.45, 2.75) is 17.8 Å². The van der Waals surface area contributed by atoms with Crippen molar-refractivity contribution in [3.05, 3.63) is 82.9 Å². The number of carbonyl (C=O) groups excluding carboxylic acids is 1. The van der Waals surface area contributed by atoms with Crippen LogP contribution in [0.3, 0.4) is 0 Å². The molecule has 37 heavy (non-hydrogen) atoms. The molecule has 11 heteroatoms. The maximum atomic E-state index is 13.6. The minimum absolute atomic E-state index is 0.136. The lowest BCUT2D eigenvalue weighted by Crippen LogP contribution is -2.49. The SMILES string of the molecule is COc1ccc(N2CCN(C(=O)c3nnn(-c4ccc(C)c(Cl)c4)c3CSc3ncccn3)CC2)cc1. The first-order valence-electron chi connectivity index (χ1n) is 11.8. The first-order valence-corrected chi connectivity index (χ1v) is 13.2. The Bertz CT molecular complexity index is 1370. The predicted octanol–water partition coefficient (Wildman–Crippen LogP) is 4.28. The summed E-state index contributed by atoms with van der Waals surface area (Å²) in [5.41, 5.74) is 3.83. The van der Waals surface area contributed by atoms with Gasteiger partial charge in [0.2, 0.25) is 0 Å². The summed E-state index contributed by atoms with van der Waals surface area (Å²) < 4.78 is 6.94. The second-order valence-corrected chi connectivity index (χ2v) is 9.88. The molecule has 3 heterocycles. The summed E-state index contributed by atoms with van der Waals surface area (Å²) >= 11 is 7.82. The third-order valence-corrected chi connectivity index (χ3v) is 7.54. The van der Waals surface area contributed by atoms with E-state index in [1.54, 1.807) is 30.3 Å². The van der Waals surface area contributed by atoms with Gasteiger partial charge >= 0.3 is 0 Å². The molecule has 0 radical (unpaired) electrons. The second kappa shape index (κ2) is 11.2. The van der Waals surface area contributed by atoms with E-state index in [-0.39, 0.29) is 5.91 Å². The van der Waals surface area contributed by atoms with E-state index < -0.39 is 0 Å². The average Bonchev–Trinajstić information content (AvgIpc) is 3.37. The molecule has 1 aliphatic heterocycles. The Labute approximate surface area is 224 Å². The first kappa shape index (κ1) is 25.0. The number of thioether (sulfide) groups is 1. The van der Waals surface area contributed by atoms with E-state index in [0.717, 1.165) is 35.8 Å². The van der Waals surface area contributed by atoms with E-state index in [1.807, 2.05) is 54.3 Å². The van der Waals surface area contributed by atoms with Crippen LogP contribution in [0.25, 0.3) is 5.69 Å². The third kappa shape index (κ3) is 5.55. The number of carbonyl (C=O) groups is 1. The molecule has 190 valence electrons. The maximum Gasteiger partial charge on any atom is 0.276 e. The highest BCUT2D eigenvalue weighted by atomic mass is 35.5. The van der Waals surface area contributed by atoms with Gasteiger partial charge in [-0.3, -0.25) is 4.79 Å². The van der Waals surface area contributed by atoms with Crippen LogP contribution in [0.4, 0.5) is 5.69 Å². The smallest absolute Gasteiger partial charge is 0.276 e. The van der Waals surface area contributed by atoms with Crippen LogP contribution >= 0.6 is 23.4 Å². The summed E-state index contributed by atoms with van der Waals surface area (Å²) in [6.07, 6.45) is 3.39. The number of ether oxygens (including phenoxy) is 1. The number of halogens is 1. The molecular weight excluding hydrogens is 510 g/mol. The molecule has 1 saturated heterocycles. The van der Waals surface area contributed by atoms with Gasteiger partial charge in [0.05, 0.1) is 18.5 Å². The van der Waals surface area contributed by atoms with E-state index >= 15 is 0 Å². The third-order valence-electron chi connectivity index (χ3n) is 6.25. The first-order chi connectivity index (χ1) is 18.0. The molecule has 1 amide bonds. The van der Waals surface area contributed by atoms with Crippen molar-refractivity contribution in [1.29, 1.82) is 0 Å². The van der Waals surface area contributed by atoms with Crippen LogP contribution in [0.15, 0.2) is 66.1 Å². The number of aromatic nitrogens is 5. The van der Waals surface area contributed by atoms with Gasteiger partial charge in [-0.2, -0.15) is 0 Å². The van der Waals surface area contributed by atoms with Crippen molar-refractivity contribution < 1.29 is 9.53 Å². The van der Waals surface area contributed by atoms with Crippen LogP contribution in [-0.4, -0.2) is 69.1 Å². The number of nitrogens with zero attached hydrogens (tertiary/aromatic N) is 7. The zero-order valence-electron chi connectivity index (χ0n) is 20.5. The van der Waals surface area contributed by atoms with Gasteiger partial charge in [-0.15, -0.1) is 5.10 Å². The molecule has 0 spiro atoms. The Balaban J connectivity index is 1.37. The number of anilines is 1. The number of piperazine rings is 1. The van der Waals surface area contributed by atoms with Crippen molar-refractivity contribution in [2.24, 2.45) is 0 Å². The molecule has 9 nitrogen and oxygen atoms in total. The summed E-state index contributed by atoms with van der Waals surface area (Å²) in [6, 6.07) is 15.4. The van der Waals surface area contributed by atoms with Gasteiger partial charge in [0.25, 0.3) is 5.91 Å². The normalized spacial score (nSPS) is 13.6. The van der Waals surface area contributed by atoms with E-state index in [0.29, 0.717) is 40.4 Å². The van der Waals surface area contributed by atoms with Gasteiger partial charge < -0.3 is 14.5 Å². The molecule has 4 aromatic rings. The summed E-state index contributed by atoms with van der Waals surface area (Å²) in [5.74, 6) is 1.11. The fourth-order valence-electron chi connectivity index (χ4n) is 4.12. The number of amides is 1. The molecular formula is C26H26ClN7O2S. The van der Waals surface area contributed by atoms with Crippen molar-refractivity contribution in [2.75, 3.05) is 38.2 Å². The van der Waals surface area contributed by atoms with Gasteiger partial charge in [-0.25, -0.2) is 14.6 Å². The largest absolute Gasteiger partial charge is 0.497 e. The lowest BCUT2D eigenvalue weighted by Gasteiger charge is -2.36. The monoisotopic (exact) mass is 535 g/mol.